The number of rotatable bonds is 2. The predicted molar refractivity (Wildman–Crippen MR) is 69.0 cm³/mol. The summed E-state index contributed by atoms with van der Waals surface area (Å²) in [6.45, 7) is 3.71. The van der Waals surface area contributed by atoms with Crippen molar-refractivity contribution in [2.75, 3.05) is 0 Å². The maximum atomic E-state index is 9.06. The van der Waals surface area contributed by atoms with Gasteiger partial charge in [-0.1, -0.05) is 23.2 Å². The Morgan fingerprint density at radius 1 is 1.18 bits per heavy atom. The van der Waals surface area contributed by atoms with Gasteiger partial charge in [0.05, 0.1) is 22.3 Å². The summed E-state index contributed by atoms with van der Waals surface area (Å²) >= 11 is 12.4. The lowest BCUT2D eigenvalue weighted by Crippen LogP contribution is -2.02. The molecule has 1 aromatic heterocycles. The van der Waals surface area contributed by atoms with Gasteiger partial charge in [-0.2, -0.15) is 5.10 Å². The van der Waals surface area contributed by atoms with E-state index in [0.29, 0.717) is 21.4 Å². The standard InChI is InChI=1S/C12H12Cl2N2O/c1-7-3-10(13)12(11(14)4-7)16-8(2)5-9(6-17)15-16/h3-5,17H,6H2,1-2H3. The van der Waals surface area contributed by atoms with E-state index in [1.54, 1.807) is 10.7 Å². The van der Waals surface area contributed by atoms with E-state index in [1.165, 1.54) is 0 Å². The van der Waals surface area contributed by atoms with Gasteiger partial charge in [0, 0.05) is 5.69 Å². The van der Waals surface area contributed by atoms with Gasteiger partial charge in [0.2, 0.25) is 0 Å². The SMILES string of the molecule is Cc1cc(Cl)c(-n2nc(CO)cc2C)c(Cl)c1. The highest BCUT2D eigenvalue weighted by Crippen LogP contribution is 2.30. The monoisotopic (exact) mass is 270 g/mol. The number of halogens is 2. The van der Waals surface area contributed by atoms with E-state index in [9.17, 15) is 0 Å². The molecule has 5 heteroatoms. The Morgan fingerprint density at radius 2 is 1.76 bits per heavy atom. The van der Waals surface area contributed by atoms with Crippen molar-refractivity contribution >= 4 is 23.2 Å². The molecule has 0 spiro atoms. The zero-order valence-electron chi connectivity index (χ0n) is 9.54. The fraction of sp³-hybridized carbons (Fsp3) is 0.250. The van der Waals surface area contributed by atoms with Gasteiger partial charge in [-0.05, 0) is 37.6 Å². The van der Waals surface area contributed by atoms with Crippen LogP contribution in [-0.2, 0) is 6.61 Å². The second-order valence-corrected chi connectivity index (χ2v) is 4.74. The van der Waals surface area contributed by atoms with Gasteiger partial charge >= 0.3 is 0 Å². The van der Waals surface area contributed by atoms with Crippen molar-refractivity contribution < 1.29 is 5.11 Å². The topological polar surface area (TPSA) is 38.0 Å². The van der Waals surface area contributed by atoms with Gasteiger partial charge in [0.1, 0.15) is 5.69 Å². The third kappa shape index (κ3) is 2.32. The minimum absolute atomic E-state index is 0.102. The summed E-state index contributed by atoms with van der Waals surface area (Å²) in [5.41, 5.74) is 3.11. The Labute approximate surface area is 110 Å². The van der Waals surface area contributed by atoms with Crippen molar-refractivity contribution in [2.45, 2.75) is 20.5 Å². The molecule has 0 aliphatic carbocycles. The molecule has 0 saturated carbocycles. The van der Waals surface area contributed by atoms with E-state index < -0.39 is 0 Å². The van der Waals surface area contributed by atoms with E-state index in [2.05, 4.69) is 5.10 Å². The summed E-state index contributed by atoms with van der Waals surface area (Å²) in [7, 11) is 0. The number of aromatic nitrogens is 2. The third-order valence-electron chi connectivity index (χ3n) is 2.47. The molecule has 1 aromatic carbocycles. The Balaban J connectivity index is 2.63. The predicted octanol–water partition coefficient (Wildman–Crippen LogP) is 3.29. The normalized spacial score (nSPS) is 10.9. The smallest absolute Gasteiger partial charge is 0.102 e. The average molecular weight is 271 g/mol. The summed E-state index contributed by atoms with van der Waals surface area (Å²) in [5, 5.41) is 14.4. The summed E-state index contributed by atoms with van der Waals surface area (Å²) in [5.74, 6) is 0. The second kappa shape index (κ2) is 4.69. The van der Waals surface area contributed by atoms with Gasteiger partial charge in [0.25, 0.3) is 0 Å². The average Bonchev–Trinajstić information content (AvgIpc) is 2.59. The van der Waals surface area contributed by atoms with Crippen LogP contribution in [0.5, 0.6) is 0 Å². The Morgan fingerprint density at radius 3 is 2.24 bits per heavy atom. The van der Waals surface area contributed by atoms with Gasteiger partial charge in [0.15, 0.2) is 0 Å². The van der Waals surface area contributed by atoms with Crippen LogP contribution in [0, 0.1) is 13.8 Å². The molecule has 0 radical (unpaired) electrons. The number of aryl methyl sites for hydroxylation is 2. The maximum absolute atomic E-state index is 9.06. The van der Waals surface area contributed by atoms with Crippen LogP contribution in [0.4, 0.5) is 0 Å². The van der Waals surface area contributed by atoms with Crippen LogP contribution in [0.1, 0.15) is 17.0 Å². The van der Waals surface area contributed by atoms with Gasteiger partial charge in [-0.15, -0.1) is 0 Å². The van der Waals surface area contributed by atoms with Crippen molar-refractivity contribution in [1.82, 2.24) is 9.78 Å². The number of hydrogen-bond donors (Lipinski definition) is 1. The third-order valence-corrected chi connectivity index (χ3v) is 3.05. The zero-order chi connectivity index (χ0) is 12.6. The second-order valence-electron chi connectivity index (χ2n) is 3.92. The molecule has 90 valence electrons. The van der Waals surface area contributed by atoms with E-state index in [4.69, 9.17) is 28.3 Å². The first-order valence-corrected chi connectivity index (χ1v) is 5.91. The summed E-state index contributed by atoms with van der Waals surface area (Å²) in [6, 6.07) is 5.47. The van der Waals surface area contributed by atoms with Crippen LogP contribution in [-0.4, -0.2) is 14.9 Å². The molecule has 1 heterocycles. The molecule has 17 heavy (non-hydrogen) atoms. The molecule has 0 atom stereocenters. The molecule has 0 fully saturated rings. The van der Waals surface area contributed by atoms with E-state index in [1.807, 2.05) is 26.0 Å². The molecule has 0 bridgehead atoms. The van der Waals surface area contributed by atoms with Gasteiger partial charge in [-0.25, -0.2) is 4.68 Å². The Kier molecular flexibility index (Phi) is 3.43. The number of nitrogens with zero attached hydrogens (tertiary/aromatic N) is 2. The lowest BCUT2D eigenvalue weighted by Gasteiger charge is -2.10. The molecule has 0 aliphatic rings. The first-order valence-electron chi connectivity index (χ1n) is 5.15. The van der Waals surface area contributed by atoms with Crippen molar-refractivity contribution in [3.8, 4) is 5.69 Å². The molecule has 1 N–H and O–H groups in total. The highest BCUT2D eigenvalue weighted by molar-refractivity contribution is 6.37. The number of benzene rings is 1. The van der Waals surface area contributed by atoms with E-state index >= 15 is 0 Å². The van der Waals surface area contributed by atoms with Gasteiger partial charge in [-0.3, -0.25) is 0 Å². The van der Waals surface area contributed by atoms with E-state index in [-0.39, 0.29) is 6.61 Å². The Bertz CT molecular complexity index is 541. The minimum atomic E-state index is -0.102. The van der Waals surface area contributed by atoms with Crippen molar-refractivity contribution in [1.29, 1.82) is 0 Å². The maximum Gasteiger partial charge on any atom is 0.102 e. The Hall–Kier alpha value is -1.03. The van der Waals surface area contributed by atoms with Crippen LogP contribution < -0.4 is 0 Å². The highest BCUT2D eigenvalue weighted by Gasteiger charge is 2.13. The van der Waals surface area contributed by atoms with Crippen molar-refractivity contribution in [2.24, 2.45) is 0 Å². The largest absolute Gasteiger partial charge is 0.390 e. The summed E-state index contributed by atoms with van der Waals surface area (Å²) in [6.07, 6.45) is 0. The van der Waals surface area contributed by atoms with Crippen LogP contribution >= 0.6 is 23.2 Å². The van der Waals surface area contributed by atoms with Crippen molar-refractivity contribution in [3.63, 3.8) is 0 Å². The zero-order valence-corrected chi connectivity index (χ0v) is 11.0. The molecule has 2 aromatic rings. The molecule has 0 amide bonds. The van der Waals surface area contributed by atoms with Crippen LogP contribution in [0.3, 0.4) is 0 Å². The molecule has 0 aliphatic heterocycles. The lowest BCUT2D eigenvalue weighted by atomic mass is 10.2. The van der Waals surface area contributed by atoms with E-state index in [0.717, 1.165) is 11.3 Å². The minimum Gasteiger partial charge on any atom is -0.390 e. The summed E-state index contributed by atoms with van der Waals surface area (Å²) in [4.78, 5) is 0. The number of aliphatic hydroxyl groups excluding tert-OH is 1. The number of aliphatic hydroxyl groups is 1. The highest BCUT2D eigenvalue weighted by atomic mass is 35.5. The first kappa shape index (κ1) is 12.4. The summed E-state index contributed by atoms with van der Waals surface area (Å²) < 4.78 is 1.65. The lowest BCUT2D eigenvalue weighted by molar-refractivity contribution is 0.276. The van der Waals surface area contributed by atoms with Crippen LogP contribution in [0.2, 0.25) is 10.0 Å². The quantitative estimate of drug-likeness (QED) is 0.910. The van der Waals surface area contributed by atoms with Crippen LogP contribution in [0.25, 0.3) is 5.69 Å². The molecule has 3 nitrogen and oxygen atoms in total. The first-order chi connectivity index (χ1) is 8.02. The van der Waals surface area contributed by atoms with Crippen LogP contribution in [0.15, 0.2) is 18.2 Å². The van der Waals surface area contributed by atoms with Gasteiger partial charge < -0.3 is 5.11 Å². The molecule has 0 unspecified atom stereocenters. The number of hydrogen-bond acceptors (Lipinski definition) is 2. The molecular formula is C12H12Cl2N2O. The molecule has 0 saturated heterocycles. The molecular weight excluding hydrogens is 259 g/mol. The molecule has 2 rings (SSSR count). The fourth-order valence-corrected chi connectivity index (χ4v) is 2.49. The fourth-order valence-electron chi connectivity index (χ4n) is 1.74. The van der Waals surface area contributed by atoms with Crippen molar-refractivity contribution in [3.05, 3.63) is 45.2 Å².